The normalized spacial score (nSPS) is 14.2. The SMILES string of the molecule is COc1cc(S(C)(=O)=O)ccc1Nc1nc(NCC2CCCC2)c2cc[nH]c2n1.O=C(O)C(F)(F)F. The Hall–Kier alpha value is -3.55. The first kappa shape index (κ1) is 27.0. The van der Waals surface area contributed by atoms with E-state index in [4.69, 9.17) is 14.6 Å². The minimum Gasteiger partial charge on any atom is -0.495 e. The molecule has 3 aromatic rings. The number of rotatable bonds is 7. The van der Waals surface area contributed by atoms with Gasteiger partial charge < -0.3 is 25.5 Å². The van der Waals surface area contributed by atoms with Crippen LogP contribution in [0.5, 0.6) is 5.75 Å². The molecule has 4 rings (SSSR count). The fraction of sp³-hybridized carbons (Fsp3) is 0.409. The molecule has 14 heteroatoms. The lowest BCUT2D eigenvalue weighted by Gasteiger charge is -2.14. The maximum atomic E-state index is 11.8. The standard InChI is InChI=1S/C20H25N5O3S.C2HF3O2/c1-28-17-11-14(29(2,26)27)7-8-16(17)23-20-24-18-15(9-10-21-18)19(25-20)22-12-13-5-3-4-6-13;3-2(4,5)1(6)7/h7-11,13H,3-6,12H2,1-2H3,(H3,21,22,23,24,25);(H,6,7). The van der Waals surface area contributed by atoms with Gasteiger partial charge in [0.05, 0.1) is 23.1 Å². The molecular weight excluding hydrogens is 503 g/mol. The number of nitrogens with one attached hydrogen (secondary N) is 3. The first-order valence-electron chi connectivity index (χ1n) is 10.9. The zero-order valence-electron chi connectivity index (χ0n) is 19.5. The topological polar surface area (TPSA) is 146 Å². The Balaban J connectivity index is 0.000000454. The molecule has 1 aliphatic rings. The third-order valence-electron chi connectivity index (χ3n) is 5.54. The Morgan fingerprint density at radius 3 is 2.47 bits per heavy atom. The summed E-state index contributed by atoms with van der Waals surface area (Å²) in [6.45, 7) is 0.892. The van der Waals surface area contributed by atoms with Crippen molar-refractivity contribution in [2.24, 2.45) is 5.92 Å². The van der Waals surface area contributed by atoms with Gasteiger partial charge in [-0.2, -0.15) is 23.1 Å². The quantitative estimate of drug-likeness (QED) is 0.351. The van der Waals surface area contributed by atoms with E-state index in [0.717, 1.165) is 23.4 Å². The van der Waals surface area contributed by atoms with Gasteiger partial charge in [-0.15, -0.1) is 0 Å². The number of ether oxygens (including phenoxy) is 1. The second-order valence-corrected chi connectivity index (χ2v) is 10.2. The molecule has 36 heavy (non-hydrogen) atoms. The number of hydrogen-bond acceptors (Lipinski definition) is 8. The minimum absolute atomic E-state index is 0.194. The lowest BCUT2D eigenvalue weighted by Crippen LogP contribution is -2.21. The fourth-order valence-electron chi connectivity index (χ4n) is 3.71. The van der Waals surface area contributed by atoms with Gasteiger partial charge >= 0.3 is 12.1 Å². The Kier molecular flexibility index (Phi) is 8.28. The summed E-state index contributed by atoms with van der Waals surface area (Å²) in [5, 5.41) is 14.7. The number of aliphatic carboxylic acids is 1. The van der Waals surface area contributed by atoms with E-state index < -0.39 is 22.0 Å². The zero-order valence-corrected chi connectivity index (χ0v) is 20.3. The van der Waals surface area contributed by atoms with Crippen molar-refractivity contribution >= 4 is 44.3 Å². The maximum absolute atomic E-state index is 11.8. The number of aromatic nitrogens is 3. The molecule has 0 saturated heterocycles. The van der Waals surface area contributed by atoms with Crippen LogP contribution in [-0.4, -0.2) is 60.5 Å². The molecule has 1 saturated carbocycles. The summed E-state index contributed by atoms with van der Waals surface area (Å²) in [6, 6.07) is 6.64. The van der Waals surface area contributed by atoms with Gasteiger partial charge in [0.15, 0.2) is 9.84 Å². The van der Waals surface area contributed by atoms with Gasteiger partial charge in [-0.25, -0.2) is 13.2 Å². The molecule has 0 radical (unpaired) electrons. The Morgan fingerprint density at radius 1 is 1.22 bits per heavy atom. The van der Waals surface area contributed by atoms with E-state index in [1.807, 2.05) is 12.3 Å². The van der Waals surface area contributed by atoms with Crippen LogP contribution in [0.3, 0.4) is 0 Å². The van der Waals surface area contributed by atoms with Crippen LogP contribution in [0, 0.1) is 5.92 Å². The van der Waals surface area contributed by atoms with Gasteiger partial charge in [0, 0.05) is 25.1 Å². The smallest absolute Gasteiger partial charge is 0.490 e. The second-order valence-electron chi connectivity index (χ2n) is 8.23. The first-order valence-corrected chi connectivity index (χ1v) is 12.8. The van der Waals surface area contributed by atoms with E-state index in [0.29, 0.717) is 23.3 Å². The van der Waals surface area contributed by atoms with Gasteiger partial charge in [-0.05, 0) is 37.0 Å². The third-order valence-corrected chi connectivity index (χ3v) is 6.65. The van der Waals surface area contributed by atoms with Crippen LogP contribution in [-0.2, 0) is 14.6 Å². The van der Waals surface area contributed by atoms with Crippen molar-refractivity contribution in [3.63, 3.8) is 0 Å². The van der Waals surface area contributed by atoms with E-state index in [-0.39, 0.29) is 4.90 Å². The third kappa shape index (κ3) is 6.99. The summed E-state index contributed by atoms with van der Waals surface area (Å²) in [7, 11) is -1.83. The number of benzene rings is 1. The second kappa shape index (κ2) is 11.0. The van der Waals surface area contributed by atoms with Gasteiger partial charge in [0.25, 0.3) is 0 Å². The summed E-state index contributed by atoms with van der Waals surface area (Å²) in [6.07, 6.45) is 3.02. The molecule has 0 amide bonds. The maximum Gasteiger partial charge on any atom is 0.490 e. The van der Waals surface area contributed by atoms with Crippen molar-refractivity contribution < 1.29 is 36.2 Å². The molecule has 0 aliphatic heterocycles. The Labute approximate surface area is 205 Å². The number of aromatic amines is 1. The molecule has 2 heterocycles. The molecule has 10 nitrogen and oxygen atoms in total. The number of alkyl halides is 3. The van der Waals surface area contributed by atoms with Crippen LogP contribution >= 0.6 is 0 Å². The number of sulfone groups is 1. The van der Waals surface area contributed by atoms with E-state index >= 15 is 0 Å². The van der Waals surface area contributed by atoms with Crippen molar-refractivity contribution in [1.82, 2.24) is 15.0 Å². The molecule has 1 aliphatic carbocycles. The number of methoxy groups -OCH3 is 1. The van der Waals surface area contributed by atoms with E-state index in [1.165, 1.54) is 51.2 Å². The zero-order chi connectivity index (χ0) is 26.5. The van der Waals surface area contributed by atoms with Gasteiger partial charge in [0.1, 0.15) is 17.2 Å². The lowest BCUT2D eigenvalue weighted by atomic mass is 10.1. The largest absolute Gasteiger partial charge is 0.495 e. The molecule has 4 N–H and O–H groups in total. The molecule has 1 aromatic carbocycles. The van der Waals surface area contributed by atoms with Crippen LogP contribution in [0.25, 0.3) is 11.0 Å². The summed E-state index contributed by atoms with van der Waals surface area (Å²) >= 11 is 0. The molecule has 0 bridgehead atoms. The number of fused-ring (bicyclic) bond motifs is 1. The minimum atomic E-state index is -5.08. The number of hydrogen-bond donors (Lipinski definition) is 4. The van der Waals surface area contributed by atoms with Crippen LogP contribution in [0.4, 0.5) is 30.6 Å². The number of halogens is 3. The van der Waals surface area contributed by atoms with Crippen molar-refractivity contribution in [3.05, 3.63) is 30.5 Å². The number of anilines is 3. The lowest BCUT2D eigenvalue weighted by molar-refractivity contribution is -0.192. The molecule has 1 fully saturated rings. The average molecular weight is 530 g/mol. The highest BCUT2D eigenvalue weighted by Gasteiger charge is 2.38. The Bertz CT molecular complexity index is 1320. The fourth-order valence-corrected chi connectivity index (χ4v) is 4.35. The van der Waals surface area contributed by atoms with E-state index in [1.54, 1.807) is 6.07 Å². The summed E-state index contributed by atoms with van der Waals surface area (Å²) in [5.41, 5.74) is 1.32. The van der Waals surface area contributed by atoms with Gasteiger partial charge in [-0.1, -0.05) is 12.8 Å². The van der Waals surface area contributed by atoms with Crippen molar-refractivity contribution in [2.75, 3.05) is 30.5 Å². The van der Waals surface area contributed by atoms with E-state index in [2.05, 4.69) is 25.6 Å². The molecule has 0 unspecified atom stereocenters. The summed E-state index contributed by atoms with van der Waals surface area (Å²) in [4.78, 5) is 21.4. The molecular formula is C22H26F3N5O5S. The first-order chi connectivity index (χ1) is 16.9. The predicted octanol–water partition coefficient (Wildman–Crippen LogP) is 4.35. The summed E-state index contributed by atoms with van der Waals surface area (Å²) < 4.78 is 60.7. The van der Waals surface area contributed by atoms with Crippen molar-refractivity contribution in [1.29, 1.82) is 0 Å². The highest BCUT2D eigenvalue weighted by atomic mass is 32.2. The van der Waals surface area contributed by atoms with Crippen LogP contribution in [0.2, 0.25) is 0 Å². The van der Waals surface area contributed by atoms with Crippen molar-refractivity contribution in [3.8, 4) is 5.75 Å². The number of H-pyrrole nitrogens is 1. The summed E-state index contributed by atoms with van der Waals surface area (Å²) in [5.74, 6) is -0.494. The highest BCUT2D eigenvalue weighted by Crippen LogP contribution is 2.31. The van der Waals surface area contributed by atoms with Gasteiger partial charge in [0.2, 0.25) is 5.95 Å². The number of nitrogens with zero attached hydrogens (tertiary/aromatic N) is 2. The van der Waals surface area contributed by atoms with Crippen LogP contribution in [0.1, 0.15) is 25.7 Å². The molecule has 0 spiro atoms. The van der Waals surface area contributed by atoms with Gasteiger partial charge in [-0.3, -0.25) is 0 Å². The highest BCUT2D eigenvalue weighted by molar-refractivity contribution is 7.90. The Morgan fingerprint density at radius 2 is 1.89 bits per heavy atom. The predicted molar refractivity (Wildman–Crippen MR) is 127 cm³/mol. The molecule has 2 aromatic heterocycles. The average Bonchev–Trinajstić information content (AvgIpc) is 3.49. The number of carbonyl (C=O) groups is 1. The number of carboxylic acid groups (broad SMARTS) is 1. The van der Waals surface area contributed by atoms with Crippen molar-refractivity contribution in [2.45, 2.75) is 36.8 Å². The number of carboxylic acids is 1. The molecule has 196 valence electrons. The van der Waals surface area contributed by atoms with Crippen LogP contribution in [0.15, 0.2) is 35.4 Å². The van der Waals surface area contributed by atoms with E-state index in [9.17, 15) is 21.6 Å². The van der Waals surface area contributed by atoms with Crippen LogP contribution < -0.4 is 15.4 Å². The molecule has 0 atom stereocenters. The monoisotopic (exact) mass is 529 g/mol.